The van der Waals surface area contributed by atoms with Gasteiger partial charge >= 0.3 is 0 Å². The topological polar surface area (TPSA) is 15.3 Å². The molecule has 1 aliphatic heterocycles. The number of hydrogen-bond donors (Lipinski definition) is 1. The van der Waals surface area contributed by atoms with E-state index in [9.17, 15) is 0 Å². The van der Waals surface area contributed by atoms with Gasteiger partial charge in [-0.05, 0) is 57.2 Å². The average Bonchev–Trinajstić information content (AvgIpc) is 2.27. The van der Waals surface area contributed by atoms with E-state index in [2.05, 4.69) is 51.9 Å². The fraction of sp³-hybridized carbons (Fsp3) is 1.00. The van der Waals surface area contributed by atoms with Crippen LogP contribution in [0.1, 0.15) is 47.5 Å². The number of rotatable bonds is 5. The summed E-state index contributed by atoms with van der Waals surface area (Å²) in [7, 11) is 2.23. The lowest BCUT2D eigenvalue weighted by molar-refractivity contribution is 0.169. The Labute approximate surface area is 108 Å². The molecule has 1 atom stereocenters. The third-order valence-electron chi connectivity index (χ3n) is 4.91. The van der Waals surface area contributed by atoms with E-state index in [1.54, 1.807) is 0 Å². The van der Waals surface area contributed by atoms with Crippen LogP contribution >= 0.6 is 0 Å². The van der Waals surface area contributed by atoms with Crippen LogP contribution in [0, 0.1) is 17.3 Å². The zero-order chi connectivity index (χ0) is 13.1. The van der Waals surface area contributed by atoms with Gasteiger partial charge in [-0.25, -0.2) is 0 Å². The monoisotopic (exact) mass is 240 g/mol. The van der Waals surface area contributed by atoms with Gasteiger partial charge in [-0.15, -0.1) is 0 Å². The fourth-order valence-electron chi connectivity index (χ4n) is 2.32. The van der Waals surface area contributed by atoms with Crippen molar-refractivity contribution in [3.63, 3.8) is 0 Å². The van der Waals surface area contributed by atoms with Gasteiger partial charge in [0.25, 0.3) is 0 Å². The third-order valence-corrected chi connectivity index (χ3v) is 4.91. The fourth-order valence-corrected chi connectivity index (χ4v) is 2.32. The smallest absolute Gasteiger partial charge is 0.00681 e. The molecule has 0 aliphatic carbocycles. The Bertz CT molecular complexity index is 215. The van der Waals surface area contributed by atoms with E-state index in [1.165, 1.54) is 25.9 Å². The van der Waals surface area contributed by atoms with Crippen LogP contribution in [-0.4, -0.2) is 37.6 Å². The van der Waals surface area contributed by atoms with Gasteiger partial charge in [0.05, 0.1) is 0 Å². The number of piperidine rings is 1. The SMILES string of the molecule is CC(NCC(C)(C)C(C)C)C1CCN(C)CC1. The van der Waals surface area contributed by atoms with Gasteiger partial charge in [0.15, 0.2) is 0 Å². The average molecular weight is 240 g/mol. The Balaban J connectivity index is 2.32. The summed E-state index contributed by atoms with van der Waals surface area (Å²) in [6, 6.07) is 0.668. The van der Waals surface area contributed by atoms with Gasteiger partial charge in [-0.2, -0.15) is 0 Å². The maximum absolute atomic E-state index is 3.77. The van der Waals surface area contributed by atoms with Crippen LogP contribution in [0.3, 0.4) is 0 Å². The molecule has 0 aromatic rings. The highest BCUT2D eigenvalue weighted by atomic mass is 15.1. The summed E-state index contributed by atoms with van der Waals surface area (Å²) in [4.78, 5) is 2.45. The van der Waals surface area contributed by atoms with Gasteiger partial charge in [-0.1, -0.05) is 27.7 Å². The molecule has 2 nitrogen and oxygen atoms in total. The molecule has 0 aromatic heterocycles. The first-order chi connectivity index (χ1) is 7.83. The molecule has 0 bridgehead atoms. The molecular weight excluding hydrogens is 208 g/mol. The molecule has 1 fully saturated rings. The van der Waals surface area contributed by atoms with Crippen molar-refractivity contribution < 1.29 is 0 Å². The highest BCUT2D eigenvalue weighted by Gasteiger charge is 2.26. The zero-order valence-electron chi connectivity index (χ0n) is 12.7. The van der Waals surface area contributed by atoms with Gasteiger partial charge < -0.3 is 10.2 Å². The molecular formula is C15H32N2. The standard InChI is InChI=1S/C15H32N2/c1-12(2)15(4,5)11-16-13(3)14-7-9-17(6)10-8-14/h12-14,16H,7-11H2,1-6H3. The van der Waals surface area contributed by atoms with Crippen LogP contribution in [0.25, 0.3) is 0 Å². The maximum Gasteiger partial charge on any atom is 0.00681 e. The molecule has 1 saturated heterocycles. The Morgan fingerprint density at radius 2 is 1.71 bits per heavy atom. The van der Waals surface area contributed by atoms with Crippen molar-refractivity contribution >= 4 is 0 Å². The molecule has 0 saturated carbocycles. The van der Waals surface area contributed by atoms with Crippen molar-refractivity contribution in [2.45, 2.75) is 53.5 Å². The van der Waals surface area contributed by atoms with Gasteiger partial charge in [0.2, 0.25) is 0 Å². The summed E-state index contributed by atoms with van der Waals surface area (Å²) in [6.45, 7) is 15.4. The molecule has 0 radical (unpaired) electrons. The second kappa shape index (κ2) is 6.19. The zero-order valence-corrected chi connectivity index (χ0v) is 12.7. The molecule has 17 heavy (non-hydrogen) atoms. The second-order valence-electron chi connectivity index (χ2n) is 6.95. The summed E-state index contributed by atoms with van der Waals surface area (Å²) in [5.74, 6) is 1.61. The van der Waals surface area contributed by atoms with E-state index < -0.39 is 0 Å². The van der Waals surface area contributed by atoms with E-state index in [-0.39, 0.29) is 0 Å². The van der Waals surface area contributed by atoms with E-state index in [4.69, 9.17) is 0 Å². The minimum Gasteiger partial charge on any atom is -0.313 e. The summed E-state index contributed by atoms with van der Waals surface area (Å²) in [5.41, 5.74) is 0.402. The van der Waals surface area contributed by atoms with Crippen molar-refractivity contribution in [2.75, 3.05) is 26.7 Å². The maximum atomic E-state index is 3.77. The van der Waals surface area contributed by atoms with E-state index in [0.29, 0.717) is 11.5 Å². The first kappa shape index (κ1) is 15.0. The predicted molar refractivity (Wildman–Crippen MR) is 76.3 cm³/mol. The summed E-state index contributed by atoms with van der Waals surface area (Å²) in [6.07, 6.45) is 2.71. The molecule has 0 spiro atoms. The second-order valence-corrected chi connectivity index (χ2v) is 6.95. The Kier molecular flexibility index (Phi) is 5.46. The van der Waals surface area contributed by atoms with Gasteiger partial charge in [0, 0.05) is 12.6 Å². The third kappa shape index (κ3) is 4.59. The minimum absolute atomic E-state index is 0.402. The minimum atomic E-state index is 0.402. The summed E-state index contributed by atoms with van der Waals surface area (Å²) >= 11 is 0. The number of nitrogens with zero attached hydrogens (tertiary/aromatic N) is 1. The van der Waals surface area contributed by atoms with Crippen LogP contribution in [-0.2, 0) is 0 Å². The lowest BCUT2D eigenvalue weighted by Gasteiger charge is -2.36. The van der Waals surface area contributed by atoms with Crippen molar-refractivity contribution in [1.29, 1.82) is 0 Å². The molecule has 1 heterocycles. The van der Waals surface area contributed by atoms with E-state index in [0.717, 1.165) is 18.4 Å². The number of likely N-dealkylation sites (tertiary alicyclic amines) is 1. The quantitative estimate of drug-likeness (QED) is 0.795. The largest absolute Gasteiger partial charge is 0.313 e. The van der Waals surface area contributed by atoms with Crippen molar-refractivity contribution in [3.8, 4) is 0 Å². The van der Waals surface area contributed by atoms with Crippen molar-refractivity contribution in [1.82, 2.24) is 10.2 Å². The summed E-state index contributed by atoms with van der Waals surface area (Å²) in [5, 5.41) is 3.77. The molecule has 102 valence electrons. The van der Waals surface area contributed by atoms with Crippen LogP contribution in [0.4, 0.5) is 0 Å². The molecule has 1 rings (SSSR count). The molecule has 0 amide bonds. The highest BCUT2D eigenvalue weighted by Crippen LogP contribution is 2.26. The lowest BCUT2D eigenvalue weighted by Crippen LogP contribution is -2.44. The molecule has 1 N–H and O–H groups in total. The molecule has 0 aromatic carbocycles. The highest BCUT2D eigenvalue weighted by molar-refractivity contribution is 4.82. The molecule has 1 aliphatic rings. The summed E-state index contributed by atoms with van der Waals surface area (Å²) < 4.78 is 0. The number of hydrogen-bond acceptors (Lipinski definition) is 2. The lowest BCUT2D eigenvalue weighted by atomic mass is 9.80. The van der Waals surface area contributed by atoms with Crippen LogP contribution in [0.15, 0.2) is 0 Å². The van der Waals surface area contributed by atoms with Crippen LogP contribution in [0.2, 0.25) is 0 Å². The van der Waals surface area contributed by atoms with Crippen LogP contribution < -0.4 is 5.32 Å². The van der Waals surface area contributed by atoms with Crippen molar-refractivity contribution in [2.24, 2.45) is 17.3 Å². The Morgan fingerprint density at radius 3 is 2.18 bits per heavy atom. The molecule has 1 unspecified atom stereocenters. The first-order valence-corrected chi connectivity index (χ1v) is 7.25. The normalized spacial score (nSPS) is 22.1. The van der Waals surface area contributed by atoms with Gasteiger partial charge in [-0.3, -0.25) is 0 Å². The predicted octanol–water partition coefficient (Wildman–Crippen LogP) is 2.99. The Hall–Kier alpha value is -0.0800. The Morgan fingerprint density at radius 1 is 1.18 bits per heavy atom. The van der Waals surface area contributed by atoms with E-state index in [1.807, 2.05) is 0 Å². The van der Waals surface area contributed by atoms with Gasteiger partial charge in [0.1, 0.15) is 0 Å². The van der Waals surface area contributed by atoms with Crippen molar-refractivity contribution in [3.05, 3.63) is 0 Å². The van der Waals surface area contributed by atoms with Crippen LogP contribution in [0.5, 0.6) is 0 Å². The first-order valence-electron chi connectivity index (χ1n) is 7.25. The van der Waals surface area contributed by atoms with E-state index >= 15 is 0 Å². The molecule has 2 heteroatoms. The number of nitrogens with one attached hydrogen (secondary N) is 1.